The van der Waals surface area contributed by atoms with Gasteiger partial charge in [-0.25, -0.2) is 0 Å². The quantitative estimate of drug-likeness (QED) is 0.468. The van der Waals surface area contributed by atoms with E-state index in [2.05, 4.69) is 0 Å². The van der Waals surface area contributed by atoms with E-state index in [0.29, 0.717) is 6.42 Å². The van der Waals surface area contributed by atoms with Crippen LogP contribution < -0.4 is 0 Å². The predicted molar refractivity (Wildman–Crippen MR) is 53.8 cm³/mol. The summed E-state index contributed by atoms with van der Waals surface area (Å²) in [6, 6.07) is 0. The SMILES string of the molecule is CCCCC(C)(O)C(CO)(CO)CO. The summed E-state index contributed by atoms with van der Waals surface area (Å²) in [6.45, 7) is 2.28. The van der Waals surface area contributed by atoms with E-state index < -0.39 is 30.8 Å². The molecule has 0 radical (unpaired) electrons. The normalized spacial score (nSPS) is 16.7. The summed E-state index contributed by atoms with van der Waals surface area (Å²) in [7, 11) is 0. The van der Waals surface area contributed by atoms with Crippen LogP contribution in [-0.2, 0) is 0 Å². The van der Waals surface area contributed by atoms with Crippen molar-refractivity contribution in [2.75, 3.05) is 19.8 Å². The fourth-order valence-electron chi connectivity index (χ4n) is 1.45. The van der Waals surface area contributed by atoms with Crippen LogP contribution in [0.15, 0.2) is 0 Å². The Kier molecular flexibility index (Phi) is 5.59. The molecule has 0 fully saturated rings. The molecule has 14 heavy (non-hydrogen) atoms. The zero-order valence-electron chi connectivity index (χ0n) is 9.03. The van der Waals surface area contributed by atoms with Crippen molar-refractivity contribution in [1.82, 2.24) is 0 Å². The molecule has 0 aromatic carbocycles. The van der Waals surface area contributed by atoms with Gasteiger partial charge < -0.3 is 20.4 Å². The summed E-state index contributed by atoms with van der Waals surface area (Å²) in [6.07, 6.45) is 2.19. The van der Waals surface area contributed by atoms with E-state index in [0.717, 1.165) is 12.8 Å². The maximum Gasteiger partial charge on any atom is 0.0741 e. The molecule has 0 rings (SSSR count). The fourth-order valence-corrected chi connectivity index (χ4v) is 1.45. The van der Waals surface area contributed by atoms with Gasteiger partial charge in [0.05, 0.1) is 30.8 Å². The van der Waals surface area contributed by atoms with E-state index in [9.17, 15) is 5.11 Å². The monoisotopic (exact) mass is 206 g/mol. The zero-order chi connectivity index (χ0) is 11.2. The first-order valence-electron chi connectivity index (χ1n) is 5.04. The van der Waals surface area contributed by atoms with Gasteiger partial charge in [0.15, 0.2) is 0 Å². The van der Waals surface area contributed by atoms with Gasteiger partial charge in [-0.1, -0.05) is 19.8 Å². The van der Waals surface area contributed by atoms with Crippen molar-refractivity contribution in [3.05, 3.63) is 0 Å². The Balaban J connectivity index is 4.60. The van der Waals surface area contributed by atoms with Crippen molar-refractivity contribution in [2.45, 2.75) is 38.7 Å². The molecular weight excluding hydrogens is 184 g/mol. The zero-order valence-corrected chi connectivity index (χ0v) is 9.03. The molecule has 0 aliphatic carbocycles. The lowest BCUT2D eigenvalue weighted by Gasteiger charge is -2.41. The van der Waals surface area contributed by atoms with Crippen LogP contribution in [0.25, 0.3) is 0 Å². The van der Waals surface area contributed by atoms with Crippen LogP contribution in [0.3, 0.4) is 0 Å². The van der Waals surface area contributed by atoms with E-state index in [-0.39, 0.29) is 0 Å². The van der Waals surface area contributed by atoms with Crippen molar-refractivity contribution in [1.29, 1.82) is 0 Å². The molecule has 0 bridgehead atoms. The van der Waals surface area contributed by atoms with Crippen molar-refractivity contribution in [3.63, 3.8) is 0 Å². The Morgan fingerprint density at radius 1 is 1.00 bits per heavy atom. The third kappa shape index (κ3) is 2.67. The smallest absolute Gasteiger partial charge is 0.0741 e. The average molecular weight is 206 g/mol. The van der Waals surface area contributed by atoms with Gasteiger partial charge >= 0.3 is 0 Å². The molecule has 1 atom stereocenters. The lowest BCUT2D eigenvalue weighted by atomic mass is 9.72. The molecule has 0 saturated heterocycles. The molecule has 4 nitrogen and oxygen atoms in total. The molecular formula is C10H22O4. The summed E-state index contributed by atoms with van der Waals surface area (Å²) < 4.78 is 0. The molecule has 1 unspecified atom stereocenters. The molecule has 0 aromatic rings. The number of hydrogen-bond acceptors (Lipinski definition) is 4. The van der Waals surface area contributed by atoms with Gasteiger partial charge in [-0.15, -0.1) is 0 Å². The van der Waals surface area contributed by atoms with Crippen LogP contribution in [0.4, 0.5) is 0 Å². The van der Waals surface area contributed by atoms with Gasteiger partial charge in [-0.2, -0.15) is 0 Å². The van der Waals surface area contributed by atoms with Gasteiger partial charge in [-0.05, 0) is 13.3 Å². The minimum atomic E-state index is -1.23. The van der Waals surface area contributed by atoms with Crippen LogP contribution in [0, 0.1) is 5.41 Å². The fraction of sp³-hybridized carbons (Fsp3) is 1.00. The Bertz CT molecular complexity index is 144. The molecule has 0 aliphatic heterocycles. The molecule has 0 spiro atoms. The van der Waals surface area contributed by atoms with Crippen molar-refractivity contribution in [3.8, 4) is 0 Å². The van der Waals surface area contributed by atoms with Crippen LogP contribution in [0.5, 0.6) is 0 Å². The Morgan fingerprint density at radius 3 is 1.71 bits per heavy atom. The first-order chi connectivity index (χ1) is 6.49. The Hall–Kier alpha value is -0.160. The van der Waals surface area contributed by atoms with Crippen LogP contribution >= 0.6 is 0 Å². The van der Waals surface area contributed by atoms with Gasteiger partial charge in [0.25, 0.3) is 0 Å². The third-order valence-electron chi connectivity index (χ3n) is 3.07. The maximum atomic E-state index is 10.1. The molecule has 4 heteroatoms. The highest BCUT2D eigenvalue weighted by atomic mass is 16.3. The van der Waals surface area contributed by atoms with E-state index in [4.69, 9.17) is 15.3 Å². The number of aliphatic hydroxyl groups is 4. The second-order valence-electron chi connectivity index (χ2n) is 4.13. The minimum Gasteiger partial charge on any atom is -0.395 e. The summed E-state index contributed by atoms with van der Waals surface area (Å²) in [5.41, 5.74) is -2.44. The number of unbranched alkanes of at least 4 members (excludes halogenated alkanes) is 1. The number of hydrogen-bond donors (Lipinski definition) is 4. The largest absolute Gasteiger partial charge is 0.395 e. The van der Waals surface area contributed by atoms with E-state index in [1.807, 2.05) is 6.92 Å². The highest BCUT2D eigenvalue weighted by molar-refractivity contribution is 4.95. The lowest BCUT2D eigenvalue weighted by Crippen LogP contribution is -2.53. The van der Waals surface area contributed by atoms with Crippen LogP contribution in [0.1, 0.15) is 33.1 Å². The standard InChI is InChI=1S/C10H22O4/c1-3-4-5-9(2,14)10(6-11,7-12)8-13/h11-14H,3-8H2,1-2H3. The highest BCUT2D eigenvalue weighted by Gasteiger charge is 2.45. The van der Waals surface area contributed by atoms with E-state index in [1.54, 1.807) is 6.92 Å². The summed E-state index contributed by atoms with van der Waals surface area (Å²) in [5.74, 6) is 0. The molecule has 0 amide bonds. The Labute approximate surface area is 85.2 Å². The van der Waals surface area contributed by atoms with Crippen molar-refractivity contribution >= 4 is 0 Å². The number of aliphatic hydroxyl groups excluding tert-OH is 3. The molecule has 0 saturated carbocycles. The van der Waals surface area contributed by atoms with E-state index in [1.165, 1.54) is 0 Å². The molecule has 0 aliphatic rings. The maximum absolute atomic E-state index is 10.1. The summed E-state index contributed by atoms with van der Waals surface area (Å²) in [5, 5.41) is 37.5. The summed E-state index contributed by atoms with van der Waals surface area (Å²) >= 11 is 0. The Morgan fingerprint density at radius 2 is 1.43 bits per heavy atom. The summed E-state index contributed by atoms with van der Waals surface area (Å²) in [4.78, 5) is 0. The molecule has 0 aromatic heterocycles. The van der Waals surface area contributed by atoms with Gasteiger partial charge in [0.1, 0.15) is 0 Å². The minimum absolute atomic E-state index is 0.420. The third-order valence-corrected chi connectivity index (χ3v) is 3.07. The van der Waals surface area contributed by atoms with Gasteiger partial charge in [0, 0.05) is 0 Å². The first kappa shape index (κ1) is 13.8. The number of rotatable bonds is 7. The van der Waals surface area contributed by atoms with Gasteiger partial charge in [0.2, 0.25) is 0 Å². The van der Waals surface area contributed by atoms with Crippen LogP contribution in [-0.4, -0.2) is 45.8 Å². The average Bonchev–Trinajstić information content (AvgIpc) is 2.18. The van der Waals surface area contributed by atoms with Crippen molar-refractivity contribution < 1.29 is 20.4 Å². The molecule has 86 valence electrons. The van der Waals surface area contributed by atoms with E-state index >= 15 is 0 Å². The highest BCUT2D eigenvalue weighted by Crippen LogP contribution is 2.34. The van der Waals surface area contributed by atoms with Crippen LogP contribution in [0.2, 0.25) is 0 Å². The topological polar surface area (TPSA) is 80.9 Å². The van der Waals surface area contributed by atoms with Gasteiger partial charge in [-0.3, -0.25) is 0 Å². The molecule has 0 heterocycles. The second kappa shape index (κ2) is 5.66. The first-order valence-corrected chi connectivity index (χ1v) is 5.04. The van der Waals surface area contributed by atoms with Crippen molar-refractivity contribution in [2.24, 2.45) is 5.41 Å². The lowest BCUT2D eigenvalue weighted by molar-refractivity contribution is -0.147. The predicted octanol–water partition coefficient (Wildman–Crippen LogP) is -0.109. The molecule has 4 N–H and O–H groups in total. The second-order valence-corrected chi connectivity index (χ2v) is 4.13.